The van der Waals surface area contributed by atoms with Crippen molar-refractivity contribution in [2.45, 2.75) is 25.8 Å². The lowest BCUT2D eigenvalue weighted by Gasteiger charge is -2.24. The van der Waals surface area contributed by atoms with Crippen molar-refractivity contribution in [1.82, 2.24) is 0 Å². The monoisotopic (exact) mass is 285 g/mol. The molecule has 0 bridgehead atoms. The molecule has 3 heteroatoms. The first-order valence-corrected chi connectivity index (χ1v) is 7.31. The lowest BCUT2D eigenvalue weighted by molar-refractivity contribution is 0.685. The first-order valence-electron chi connectivity index (χ1n) is 5.36. The van der Waals surface area contributed by atoms with Gasteiger partial charge in [0.2, 0.25) is 0 Å². The van der Waals surface area contributed by atoms with E-state index in [1.807, 2.05) is 0 Å². The predicted octanol–water partition coefficient (Wildman–Crippen LogP) is 4.07. The van der Waals surface area contributed by atoms with Gasteiger partial charge in [0.1, 0.15) is 0 Å². The molecule has 1 heterocycles. The maximum absolute atomic E-state index is 3.62. The van der Waals surface area contributed by atoms with Crippen molar-refractivity contribution in [1.29, 1.82) is 0 Å². The standard InChI is InChI=1S/C12H16BrNS/c1-9-4-5-11(13)12(7-9)14-10-3-2-6-15-8-10/h4-5,7,10,14H,2-3,6,8H2,1H3/t10-/m0/s1. The van der Waals surface area contributed by atoms with Gasteiger partial charge in [0.05, 0.1) is 0 Å². The molecule has 1 aliphatic heterocycles. The van der Waals surface area contributed by atoms with Crippen LogP contribution in [-0.4, -0.2) is 17.5 Å². The van der Waals surface area contributed by atoms with E-state index in [2.05, 4.69) is 58.1 Å². The van der Waals surface area contributed by atoms with Crippen molar-refractivity contribution in [2.24, 2.45) is 0 Å². The average Bonchev–Trinajstić information content (AvgIpc) is 2.25. The van der Waals surface area contributed by atoms with Crippen LogP contribution in [0.2, 0.25) is 0 Å². The Balaban J connectivity index is 2.05. The molecule has 15 heavy (non-hydrogen) atoms. The van der Waals surface area contributed by atoms with E-state index >= 15 is 0 Å². The van der Waals surface area contributed by atoms with Gasteiger partial charge >= 0.3 is 0 Å². The second-order valence-electron chi connectivity index (χ2n) is 4.04. The van der Waals surface area contributed by atoms with Crippen LogP contribution in [0.5, 0.6) is 0 Å². The summed E-state index contributed by atoms with van der Waals surface area (Å²) in [7, 11) is 0. The van der Waals surface area contributed by atoms with E-state index in [1.54, 1.807) is 0 Å². The molecule has 1 aliphatic rings. The van der Waals surface area contributed by atoms with E-state index in [9.17, 15) is 0 Å². The van der Waals surface area contributed by atoms with E-state index in [4.69, 9.17) is 0 Å². The quantitative estimate of drug-likeness (QED) is 0.879. The molecule has 0 saturated carbocycles. The van der Waals surface area contributed by atoms with Gasteiger partial charge in [-0.15, -0.1) is 0 Å². The number of rotatable bonds is 2. The van der Waals surface area contributed by atoms with E-state index in [-0.39, 0.29) is 0 Å². The van der Waals surface area contributed by atoms with Crippen molar-refractivity contribution in [2.75, 3.05) is 16.8 Å². The topological polar surface area (TPSA) is 12.0 Å². The second-order valence-corrected chi connectivity index (χ2v) is 6.05. The Morgan fingerprint density at radius 1 is 1.47 bits per heavy atom. The molecule has 82 valence electrons. The number of benzene rings is 1. The summed E-state index contributed by atoms with van der Waals surface area (Å²) in [6, 6.07) is 7.10. The molecule has 0 aromatic heterocycles. The first-order chi connectivity index (χ1) is 7.25. The largest absolute Gasteiger partial charge is 0.381 e. The molecule has 1 saturated heterocycles. The second kappa shape index (κ2) is 5.26. The summed E-state index contributed by atoms with van der Waals surface area (Å²) in [5.41, 5.74) is 2.55. The van der Waals surface area contributed by atoms with Crippen LogP contribution in [0.25, 0.3) is 0 Å². The van der Waals surface area contributed by atoms with Crippen LogP contribution < -0.4 is 5.32 Å². The molecule has 1 N–H and O–H groups in total. The van der Waals surface area contributed by atoms with Gasteiger partial charge in [-0.2, -0.15) is 11.8 Å². The fraction of sp³-hybridized carbons (Fsp3) is 0.500. The number of hydrogen-bond acceptors (Lipinski definition) is 2. The molecule has 1 nitrogen and oxygen atoms in total. The molecule has 1 atom stereocenters. The zero-order valence-corrected chi connectivity index (χ0v) is 11.3. The van der Waals surface area contributed by atoms with Gasteiger partial charge in [-0.05, 0) is 59.1 Å². The van der Waals surface area contributed by atoms with Crippen LogP contribution in [0.15, 0.2) is 22.7 Å². The lowest BCUT2D eigenvalue weighted by atomic mass is 10.1. The summed E-state index contributed by atoms with van der Waals surface area (Å²) in [6.45, 7) is 2.13. The number of thioether (sulfide) groups is 1. The number of anilines is 1. The predicted molar refractivity (Wildman–Crippen MR) is 72.8 cm³/mol. The Morgan fingerprint density at radius 2 is 2.33 bits per heavy atom. The maximum Gasteiger partial charge on any atom is 0.0489 e. The Bertz CT molecular complexity index is 334. The van der Waals surface area contributed by atoms with Crippen molar-refractivity contribution in [3.8, 4) is 0 Å². The van der Waals surface area contributed by atoms with E-state index in [0.717, 1.165) is 0 Å². The zero-order chi connectivity index (χ0) is 10.7. The molecule has 0 unspecified atom stereocenters. The van der Waals surface area contributed by atoms with Crippen LogP contribution in [0, 0.1) is 6.92 Å². The van der Waals surface area contributed by atoms with Gasteiger partial charge in [0.15, 0.2) is 0 Å². The molecule has 0 amide bonds. The summed E-state index contributed by atoms with van der Waals surface area (Å²) in [5.74, 6) is 2.56. The molecular formula is C12H16BrNS. The van der Waals surface area contributed by atoms with E-state index in [1.165, 1.54) is 40.1 Å². The molecule has 1 fully saturated rings. The van der Waals surface area contributed by atoms with E-state index < -0.39 is 0 Å². The summed E-state index contributed by atoms with van der Waals surface area (Å²) in [5, 5.41) is 3.62. The highest BCUT2D eigenvalue weighted by Gasteiger charge is 2.14. The average molecular weight is 286 g/mol. The number of nitrogens with one attached hydrogen (secondary N) is 1. The van der Waals surface area contributed by atoms with Crippen LogP contribution in [0.4, 0.5) is 5.69 Å². The Kier molecular flexibility index (Phi) is 3.98. The SMILES string of the molecule is Cc1ccc(Br)c(N[C@H]2CCCSC2)c1. The zero-order valence-electron chi connectivity index (χ0n) is 8.92. The number of halogens is 1. The Hall–Kier alpha value is -0.150. The summed E-state index contributed by atoms with van der Waals surface area (Å²) in [4.78, 5) is 0. The van der Waals surface area contributed by atoms with Gasteiger partial charge in [-0.3, -0.25) is 0 Å². The third-order valence-electron chi connectivity index (χ3n) is 2.64. The van der Waals surface area contributed by atoms with Crippen LogP contribution in [0.3, 0.4) is 0 Å². The smallest absolute Gasteiger partial charge is 0.0489 e. The summed E-state index contributed by atoms with van der Waals surface area (Å²) < 4.78 is 1.17. The van der Waals surface area contributed by atoms with Crippen molar-refractivity contribution < 1.29 is 0 Å². The number of hydrogen-bond donors (Lipinski definition) is 1. The van der Waals surface area contributed by atoms with Gasteiger partial charge in [0, 0.05) is 22.0 Å². The molecule has 2 rings (SSSR count). The third kappa shape index (κ3) is 3.15. The van der Waals surface area contributed by atoms with E-state index in [0.29, 0.717) is 6.04 Å². The van der Waals surface area contributed by atoms with Crippen LogP contribution in [0.1, 0.15) is 18.4 Å². The summed E-state index contributed by atoms with van der Waals surface area (Å²) >= 11 is 5.64. The number of aryl methyl sites for hydroxylation is 1. The lowest BCUT2D eigenvalue weighted by Crippen LogP contribution is -2.25. The van der Waals surface area contributed by atoms with Crippen LogP contribution >= 0.6 is 27.7 Å². The van der Waals surface area contributed by atoms with Crippen molar-refractivity contribution in [3.63, 3.8) is 0 Å². The third-order valence-corrected chi connectivity index (χ3v) is 4.55. The minimum absolute atomic E-state index is 0.641. The Morgan fingerprint density at radius 3 is 3.07 bits per heavy atom. The van der Waals surface area contributed by atoms with Gasteiger partial charge < -0.3 is 5.32 Å². The van der Waals surface area contributed by atoms with Gasteiger partial charge in [-0.25, -0.2) is 0 Å². The first kappa shape index (κ1) is 11.3. The van der Waals surface area contributed by atoms with Gasteiger partial charge in [0.25, 0.3) is 0 Å². The molecule has 0 aliphatic carbocycles. The molecule has 1 aromatic carbocycles. The summed E-state index contributed by atoms with van der Waals surface area (Å²) in [6.07, 6.45) is 2.64. The Labute approximate surface area is 104 Å². The molecule has 1 aromatic rings. The normalized spacial score (nSPS) is 21.3. The highest BCUT2D eigenvalue weighted by atomic mass is 79.9. The maximum atomic E-state index is 3.62. The minimum atomic E-state index is 0.641. The fourth-order valence-corrected chi connectivity index (χ4v) is 3.26. The minimum Gasteiger partial charge on any atom is -0.381 e. The van der Waals surface area contributed by atoms with Crippen molar-refractivity contribution >= 4 is 33.4 Å². The fourth-order valence-electron chi connectivity index (χ4n) is 1.82. The van der Waals surface area contributed by atoms with Gasteiger partial charge in [-0.1, -0.05) is 6.07 Å². The molecular weight excluding hydrogens is 270 g/mol. The molecule has 0 radical (unpaired) electrons. The highest BCUT2D eigenvalue weighted by Crippen LogP contribution is 2.27. The van der Waals surface area contributed by atoms with Crippen molar-refractivity contribution in [3.05, 3.63) is 28.2 Å². The van der Waals surface area contributed by atoms with Crippen LogP contribution in [-0.2, 0) is 0 Å². The highest BCUT2D eigenvalue weighted by molar-refractivity contribution is 9.10. The molecule has 0 spiro atoms.